The molecule has 3 aromatic heterocycles. The third-order valence-electron chi connectivity index (χ3n) is 3.65. The van der Waals surface area contributed by atoms with Crippen molar-refractivity contribution in [1.29, 1.82) is 0 Å². The molecule has 98 valence electrons. The standard InChI is InChI=1S/C13H14N4OS/c1-7-15-16-11-10-8-4-13(2,3)18-5-9(8)19-12(10)14-6-17(7)11/h6H,4-5H2,1-3H3. The molecule has 4 heterocycles. The van der Waals surface area contributed by atoms with Crippen LogP contribution in [0.3, 0.4) is 0 Å². The predicted octanol–water partition coefficient (Wildman–Crippen LogP) is 2.50. The maximum Gasteiger partial charge on any atom is 0.172 e. The van der Waals surface area contributed by atoms with Crippen molar-refractivity contribution >= 4 is 27.2 Å². The van der Waals surface area contributed by atoms with Crippen molar-refractivity contribution in [3.63, 3.8) is 0 Å². The molecule has 0 amide bonds. The third kappa shape index (κ3) is 1.53. The van der Waals surface area contributed by atoms with Crippen LogP contribution < -0.4 is 0 Å². The molecule has 0 saturated carbocycles. The quantitative estimate of drug-likeness (QED) is 0.632. The second-order valence-corrected chi connectivity index (χ2v) is 6.68. The molecule has 19 heavy (non-hydrogen) atoms. The summed E-state index contributed by atoms with van der Waals surface area (Å²) in [5.41, 5.74) is 2.13. The first-order chi connectivity index (χ1) is 9.05. The highest BCUT2D eigenvalue weighted by Crippen LogP contribution is 2.39. The molecule has 6 heteroatoms. The summed E-state index contributed by atoms with van der Waals surface area (Å²) in [4.78, 5) is 6.85. The number of aromatic nitrogens is 4. The van der Waals surface area contributed by atoms with Crippen molar-refractivity contribution in [2.24, 2.45) is 0 Å². The van der Waals surface area contributed by atoms with Crippen molar-refractivity contribution in [2.75, 3.05) is 0 Å². The first kappa shape index (κ1) is 11.3. The summed E-state index contributed by atoms with van der Waals surface area (Å²) in [6.07, 6.45) is 2.70. The van der Waals surface area contributed by atoms with E-state index in [0.717, 1.165) is 28.1 Å². The Morgan fingerprint density at radius 3 is 3.05 bits per heavy atom. The zero-order valence-electron chi connectivity index (χ0n) is 11.1. The van der Waals surface area contributed by atoms with Crippen LogP contribution in [0.1, 0.15) is 30.1 Å². The Balaban J connectivity index is 2.10. The second-order valence-electron chi connectivity index (χ2n) is 5.59. The van der Waals surface area contributed by atoms with Gasteiger partial charge < -0.3 is 4.74 Å². The van der Waals surface area contributed by atoms with Crippen LogP contribution in [0.4, 0.5) is 0 Å². The van der Waals surface area contributed by atoms with Crippen LogP contribution in [0.25, 0.3) is 15.9 Å². The van der Waals surface area contributed by atoms with Crippen molar-refractivity contribution in [3.8, 4) is 0 Å². The fraction of sp³-hybridized carbons (Fsp3) is 0.462. The van der Waals surface area contributed by atoms with Gasteiger partial charge >= 0.3 is 0 Å². The normalized spacial score (nSPS) is 18.1. The van der Waals surface area contributed by atoms with Gasteiger partial charge in [-0.15, -0.1) is 21.5 Å². The molecule has 0 bridgehead atoms. The molecule has 0 N–H and O–H groups in total. The van der Waals surface area contributed by atoms with E-state index in [4.69, 9.17) is 4.74 Å². The van der Waals surface area contributed by atoms with Crippen LogP contribution in [0, 0.1) is 6.92 Å². The van der Waals surface area contributed by atoms with Crippen molar-refractivity contribution in [2.45, 2.75) is 39.4 Å². The van der Waals surface area contributed by atoms with Gasteiger partial charge in [-0.3, -0.25) is 4.40 Å². The maximum atomic E-state index is 5.88. The monoisotopic (exact) mass is 274 g/mol. The minimum Gasteiger partial charge on any atom is -0.370 e. The molecule has 1 aliphatic heterocycles. The van der Waals surface area contributed by atoms with Crippen LogP contribution in [0.2, 0.25) is 0 Å². The fourth-order valence-electron chi connectivity index (χ4n) is 2.65. The lowest BCUT2D eigenvalue weighted by Gasteiger charge is -2.30. The van der Waals surface area contributed by atoms with Crippen LogP contribution >= 0.6 is 11.3 Å². The van der Waals surface area contributed by atoms with Gasteiger partial charge in [0.25, 0.3) is 0 Å². The average molecular weight is 274 g/mol. The lowest BCUT2D eigenvalue weighted by Crippen LogP contribution is -2.31. The molecule has 0 fully saturated rings. The van der Waals surface area contributed by atoms with Crippen molar-refractivity contribution < 1.29 is 4.74 Å². The molecular weight excluding hydrogens is 260 g/mol. The zero-order valence-corrected chi connectivity index (χ0v) is 11.9. The number of nitrogens with zero attached hydrogens (tertiary/aromatic N) is 4. The number of ether oxygens (including phenoxy) is 1. The molecule has 5 nitrogen and oxygen atoms in total. The molecule has 0 unspecified atom stereocenters. The second kappa shape index (κ2) is 3.52. The fourth-order valence-corrected chi connectivity index (χ4v) is 3.71. The van der Waals surface area contributed by atoms with E-state index in [9.17, 15) is 0 Å². The molecule has 1 aliphatic rings. The third-order valence-corrected chi connectivity index (χ3v) is 4.76. The van der Waals surface area contributed by atoms with E-state index in [0.29, 0.717) is 6.61 Å². The van der Waals surface area contributed by atoms with Crippen LogP contribution in [0.5, 0.6) is 0 Å². The van der Waals surface area contributed by atoms with Gasteiger partial charge in [0, 0.05) is 11.3 Å². The van der Waals surface area contributed by atoms with Crippen LogP contribution in [0.15, 0.2) is 6.33 Å². The van der Waals surface area contributed by atoms with Gasteiger partial charge in [-0.1, -0.05) is 0 Å². The highest BCUT2D eigenvalue weighted by molar-refractivity contribution is 7.19. The van der Waals surface area contributed by atoms with Gasteiger partial charge in [0.05, 0.1) is 17.6 Å². The van der Waals surface area contributed by atoms with E-state index in [1.54, 1.807) is 17.7 Å². The lowest BCUT2D eigenvalue weighted by atomic mass is 9.94. The Labute approximate surface area is 114 Å². The molecule has 0 spiro atoms. The number of hydrogen-bond donors (Lipinski definition) is 0. The Morgan fingerprint density at radius 2 is 2.21 bits per heavy atom. The lowest BCUT2D eigenvalue weighted by molar-refractivity contribution is -0.0379. The number of fused-ring (bicyclic) bond motifs is 5. The summed E-state index contributed by atoms with van der Waals surface area (Å²) in [6.45, 7) is 6.87. The van der Waals surface area contributed by atoms with E-state index in [-0.39, 0.29) is 5.60 Å². The molecule has 0 aliphatic carbocycles. The van der Waals surface area contributed by atoms with Gasteiger partial charge in [-0.25, -0.2) is 4.98 Å². The van der Waals surface area contributed by atoms with E-state index < -0.39 is 0 Å². The molecule has 0 saturated heterocycles. The molecule has 4 rings (SSSR count). The smallest absolute Gasteiger partial charge is 0.172 e. The highest BCUT2D eigenvalue weighted by atomic mass is 32.1. The van der Waals surface area contributed by atoms with Crippen molar-refractivity contribution in [3.05, 3.63) is 22.6 Å². The topological polar surface area (TPSA) is 52.3 Å². The summed E-state index contributed by atoms with van der Waals surface area (Å²) in [5, 5.41) is 9.62. The van der Waals surface area contributed by atoms with E-state index in [2.05, 4.69) is 29.0 Å². The van der Waals surface area contributed by atoms with E-state index in [1.165, 1.54) is 10.4 Å². The summed E-state index contributed by atoms with van der Waals surface area (Å²) in [7, 11) is 0. The van der Waals surface area contributed by atoms with Crippen molar-refractivity contribution in [1.82, 2.24) is 19.6 Å². The zero-order chi connectivity index (χ0) is 13.2. The Hall–Kier alpha value is -1.53. The minimum absolute atomic E-state index is 0.122. The highest BCUT2D eigenvalue weighted by Gasteiger charge is 2.30. The number of thiophene rings is 1. The first-order valence-electron chi connectivity index (χ1n) is 6.30. The van der Waals surface area contributed by atoms with Gasteiger partial charge in [0.1, 0.15) is 17.0 Å². The summed E-state index contributed by atoms with van der Waals surface area (Å²) < 4.78 is 7.83. The molecular formula is C13H14N4OS. The largest absolute Gasteiger partial charge is 0.370 e. The molecule has 3 aromatic rings. The maximum absolute atomic E-state index is 5.88. The van der Waals surface area contributed by atoms with Gasteiger partial charge in [0.15, 0.2) is 5.65 Å². The average Bonchev–Trinajstić information content (AvgIpc) is 2.89. The van der Waals surface area contributed by atoms with Gasteiger partial charge in [0.2, 0.25) is 0 Å². The molecule has 0 radical (unpaired) electrons. The number of rotatable bonds is 0. The van der Waals surface area contributed by atoms with Crippen LogP contribution in [-0.4, -0.2) is 25.2 Å². The Morgan fingerprint density at radius 1 is 1.37 bits per heavy atom. The summed E-state index contributed by atoms with van der Waals surface area (Å²) in [5.74, 6) is 0.871. The van der Waals surface area contributed by atoms with Crippen LogP contribution in [-0.2, 0) is 17.8 Å². The first-order valence-corrected chi connectivity index (χ1v) is 7.11. The van der Waals surface area contributed by atoms with E-state index in [1.807, 2.05) is 11.3 Å². The Kier molecular flexibility index (Phi) is 2.09. The Bertz CT molecular complexity index is 802. The van der Waals surface area contributed by atoms with Gasteiger partial charge in [-0.05, 0) is 26.3 Å². The predicted molar refractivity (Wildman–Crippen MR) is 73.5 cm³/mol. The van der Waals surface area contributed by atoms with E-state index >= 15 is 0 Å². The SMILES string of the molecule is Cc1nnc2c3c4c(sc3ncn12)COC(C)(C)C4. The number of aryl methyl sites for hydroxylation is 1. The molecule has 0 aromatic carbocycles. The minimum atomic E-state index is -0.122. The summed E-state index contributed by atoms with van der Waals surface area (Å²) in [6, 6.07) is 0. The molecule has 0 atom stereocenters. The summed E-state index contributed by atoms with van der Waals surface area (Å²) >= 11 is 1.71. The van der Waals surface area contributed by atoms with Gasteiger partial charge in [-0.2, -0.15) is 0 Å². The number of hydrogen-bond acceptors (Lipinski definition) is 5.